The van der Waals surface area contributed by atoms with Crippen LogP contribution in [-0.2, 0) is 22.7 Å². The van der Waals surface area contributed by atoms with Gasteiger partial charge in [-0.15, -0.1) is 0 Å². The van der Waals surface area contributed by atoms with Crippen LogP contribution in [0, 0.1) is 5.92 Å². The van der Waals surface area contributed by atoms with Crippen LogP contribution in [0.1, 0.15) is 11.1 Å². The minimum absolute atomic E-state index is 0.423. The fourth-order valence-corrected chi connectivity index (χ4v) is 1.84. The van der Waals surface area contributed by atoms with Crippen LogP contribution >= 0.6 is 0 Å². The number of halogens is 3. The second-order valence-electron chi connectivity index (χ2n) is 4.29. The highest BCUT2D eigenvalue weighted by Gasteiger charge is 2.44. The summed E-state index contributed by atoms with van der Waals surface area (Å²) in [5.41, 5.74) is 2.36. The lowest BCUT2D eigenvalue weighted by Gasteiger charge is -2.17. The molecule has 19 heavy (non-hydrogen) atoms. The van der Waals surface area contributed by atoms with Crippen molar-refractivity contribution >= 4 is 11.7 Å². The van der Waals surface area contributed by atoms with Crippen LogP contribution in [-0.4, -0.2) is 23.8 Å². The summed E-state index contributed by atoms with van der Waals surface area (Å²) in [5, 5.41) is 11.1. The summed E-state index contributed by atoms with van der Waals surface area (Å²) in [6, 6.07) is 5.05. The van der Waals surface area contributed by atoms with E-state index in [1.165, 1.54) is 0 Å². The number of aliphatic carboxylic acids is 1. The van der Waals surface area contributed by atoms with Crippen LogP contribution < -0.4 is 5.32 Å². The van der Waals surface area contributed by atoms with Gasteiger partial charge in [0.2, 0.25) is 0 Å². The average molecular weight is 275 g/mol. The molecule has 1 aliphatic rings. The molecule has 1 unspecified atom stereocenters. The van der Waals surface area contributed by atoms with Crippen molar-refractivity contribution < 1.29 is 27.8 Å². The van der Waals surface area contributed by atoms with Gasteiger partial charge in [-0.25, -0.2) is 0 Å². The molecule has 0 spiro atoms. The zero-order chi connectivity index (χ0) is 14.0. The van der Waals surface area contributed by atoms with E-state index in [4.69, 9.17) is 9.84 Å². The predicted molar refractivity (Wildman–Crippen MR) is 60.6 cm³/mol. The largest absolute Gasteiger partial charge is 0.481 e. The number of alkyl halides is 3. The molecule has 0 radical (unpaired) electrons. The SMILES string of the molecule is O=C(O)C(CNc1ccc2c(c1)COC2)C(F)(F)F. The van der Waals surface area contributed by atoms with Gasteiger partial charge in [0.25, 0.3) is 0 Å². The molecule has 0 bridgehead atoms. The maximum Gasteiger partial charge on any atom is 0.403 e. The predicted octanol–water partition coefficient (Wildman–Crippen LogP) is 2.39. The van der Waals surface area contributed by atoms with Crippen molar-refractivity contribution in [3.05, 3.63) is 29.3 Å². The summed E-state index contributed by atoms with van der Waals surface area (Å²) >= 11 is 0. The number of benzene rings is 1. The van der Waals surface area contributed by atoms with Crippen LogP contribution in [0.25, 0.3) is 0 Å². The first-order valence-electron chi connectivity index (χ1n) is 5.61. The Kier molecular flexibility index (Phi) is 3.66. The van der Waals surface area contributed by atoms with E-state index in [1.54, 1.807) is 18.2 Å². The third-order valence-corrected chi connectivity index (χ3v) is 2.92. The number of hydrogen-bond acceptors (Lipinski definition) is 3. The minimum Gasteiger partial charge on any atom is -0.481 e. The van der Waals surface area contributed by atoms with E-state index in [9.17, 15) is 18.0 Å². The Labute approximate surface area is 107 Å². The molecule has 1 aliphatic heterocycles. The highest BCUT2D eigenvalue weighted by atomic mass is 19.4. The summed E-state index contributed by atoms with van der Waals surface area (Å²) < 4.78 is 42.5. The second-order valence-corrected chi connectivity index (χ2v) is 4.29. The van der Waals surface area contributed by atoms with Crippen LogP contribution in [0.4, 0.5) is 18.9 Å². The second kappa shape index (κ2) is 5.08. The first-order chi connectivity index (χ1) is 8.88. The first kappa shape index (κ1) is 13.7. The van der Waals surface area contributed by atoms with Gasteiger partial charge in [-0.1, -0.05) is 6.07 Å². The first-order valence-corrected chi connectivity index (χ1v) is 5.61. The monoisotopic (exact) mass is 275 g/mol. The summed E-state index contributed by atoms with van der Waals surface area (Å²) in [5.74, 6) is -4.30. The van der Waals surface area contributed by atoms with E-state index >= 15 is 0 Å². The van der Waals surface area contributed by atoms with Gasteiger partial charge in [-0.2, -0.15) is 13.2 Å². The number of carbonyl (C=O) groups is 1. The molecule has 104 valence electrons. The Morgan fingerprint density at radius 1 is 1.37 bits per heavy atom. The van der Waals surface area contributed by atoms with Crippen molar-refractivity contribution in [2.45, 2.75) is 19.4 Å². The quantitative estimate of drug-likeness (QED) is 0.885. The Balaban J connectivity index is 2.03. The van der Waals surface area contributed by atoms with E-state index in [1.807, 2.05) is 0 Å². The topological polar surface area (TPSA) is 58.6 Å². The standard InChI is InChI=1S/C12H12F3NO3/c13-12(14,15)10(11(17)18)4-16-9-2-1-7-5-19-6-8(7)3-9/h1-3,10,16H,4-6H2,(H,17,18). The van der Waals surface area contributed by atoms with Gasteiger partial charge >= 0.3 is 12.1 Å². The molecule has 2 rings (SSSR count). The highest BCUT2D eigenvalue weighted by molar-refractivity contribution is 5.71. The lowest BCUT2D eigenvalue weighted by molar-refractivity contribution is -0.190. The van der Waals surface area contributed by atoms with Crippen LogP contribution in [0.2, 0.25) is 0 Å². The molecule has 2 N–H and O–H groups in total. The molecule has 0 fully saturated rings. The van der Waals surface area contributed by atoms with Crippen molar-refractivity contribution in [2.24, 2.45) is 5.92 Å². The van der Waals surface area contributed by atoms with Gasteiger partial charge in [0, 0.05) is 12.2 Å². The van der Waals surface area contributed by atoms with Gasteiger partial charge in [-0.3, -0.25) is 4.79 Å². The van der Waals surface area contributed by atoms with Crippen LogP contribution in [0.15, 0.2) is 18.2 Å². The molecule has 0 amide bonds. The van der Waals surface area contributed by atoms with Crippen molar-refractivity contribution in [1.29, 1.82) is 0 Å². The van der Waals surface area contributed by atoms with Crippen molar-refractivity contribution in [3.63, 3.8) is 0 Å². The molecule has 1 aromatic rings. The molecular formula is C12H12F3NO3. The van der Waals surface area contributed by atoms with Gasteiger partial charge in [-0.05, 0) is 23.3 Å². The molecule has 1 atom stereocenters. The van der Waals surface area contributed by atoms with Gasteiger partial charge in [0.1, 0.15) is 0 Å². The molecule has 0 aromatic heterocycles. The van der Waals surface area contributed by atoms with Crippen molar-refractivity contribution in [1.82, 2.24) is 0 Å². The zero-order valence-corrected chi connectivity index (χ0v) is 9.83. The zero-order valence-electron chi connectivity index (χ0n) is 9.83. The molecule has 4 nitrogen and oxygen atoms in total. The normalized spacial score (nSPS) is 15.9. The van der Waals surface area contributed by atoms with Crippen molar-refractivity contribution in [2.75, 3.05) is 11.9 Å². The molecule has 0 saturated carbocycles. The van der Waals surface area contributed by atoms with E-state index < -0.39 is 24.6 Å². The number of carboxylic acid groups (broad SMARTS) is 1. The lowest BCUT2D eigenvalue weighted by atomic mass is 10.1. The number of hydrogen-bond donors (Lipinski definition) is 2. The summed E-state index contributed by atoms with van der Waals surface area (Å²) in [6.07, 6.45) is -4.77. The Bertz CT molecular complexity index is 488. The van der Waals surface area contributed by atoms with Gasteiger partial charge in [0.05, 0.1) is 13.2 Å². The number of ether oxygens (including phenoxy) is 1. The molecular weight excluding hydrogens is 263 g/mol. The number of rotatable bonds is 4. The summed E-state index contributed by atoms with van der Waals surface area (Å²) in [6.45, 7) is 0.223. The van der Waals surface area contributed by atoms with Gasteiger partial charge in [0.15, 0.2) is 5.92 Å². The van der Waals surface area contributed by atoms with E-state index in [0.29, 0.717) is 18.9 Å². The van der Waals surface area contributed by atoms with Crippen molar-refractivity contribution in [3.8, 4) is 0 Å². The van der Waals surface area contributed by atoms with Gasteiger partial charge < -0.3 is 15.2 Å². The maximum absolute atomic E-state index is 12.5. The molecule has 1 heterocycles. The lowest BCUT2D eigenvalue weighted by Crippen LogP contribution is -2.36. The minimum atomic E-state index is -4.77. The van der Waals surface area contributed by atoms with Crippen LogP contribution in [0.3, 0.4) is 0 Å². The molecule has 1 aromatic carbocycles. The smallest absolute Gasteiger partial charge is 0.403 e. The third kappa shape index (κ3) is 3.17. The maximum atomic E-state index is 12.5. The average Bonchev–Trinajstić information content (AvgIpc) is 2.73. The Morgan fingerprint density at radius 2 is 2.05 bits per heavy atom. The number of fused-ring (bicyclic) bond motifs is 1. The number of anilines is 1. The number of carboxylic acids is 1. The number of nitrogens with one attached hydrogen (secondary N) is 1. The Morgan fingerprint density at radius 3 is 2.68 bits per heavy atom. The molecule has 7 heteroatoms. The molecule has 0 aliphatic carbocycles. The van der Waals surface area contributed by atoms with Crippen LogP contribution in [0.5, 0.6) is 0 Å². The van der Waals surface area contributed by atoms with E-state index in [2.05, 4.69) is 5.32 Å². The molecule has 0 saturated heterocycles. The fraction of sp³-hybridized carbons (Fsp3) is 0.417. The third-order valence-electron chi connectivity index (χ3n) is 2.92. The highest BCUT2D eigenvalue weighted by Crippen LogP contribution is 2.28. The van der Waals surface area contributed by atoms with E-state index in [0.717, 1.165) is 11.1 Å². The summed E-state index contributed by atoms with van der Waals surface area (Å²) in [4.78, 5) is 10.6. The van der Waals surface area contributed by atoms with E-state index in [-0.39, 0.29) is 0 Å². The fourth-order valence-electron chi connectivity index (χ4n) is 1.84. The summed E-state index contributed by atoms with van der Waals surface area (Å²) in [7, 11) is 0. The Hall–Kier alpha value is -1.76.